The number of fused-ring (bicyclic) bond motifs is 1. The molecule has 0 aromatic carbocycles. The number of aliphatic hydroxyl groups excluding tert-OH is 2. The Kier molecular flexibility index (Phi) is 5.79. The summed E-state index contributed by atoms with van der Waals surface area (Å²) in [6, 6.07) is 0. The van der Waals surface area contributed by atoms with Crippen molar-refractivity contribution in [1.82, 2.24) is 0 Å². The number of rotatable bonds is 7. The van der Waals surface area contributed by atoms with Crippen LogP contribution in [0.3, 0.4) is 0 Å². The first-order valence-electron chi connectivity index (χ1n) is 7.87. The lowest BCUT2D eigenvalue weighted by atomic mass is 10.1. The molecule has 2 rings (SSSR count). The number of hydrogen-bond acceptors (Lipinski definition) is 7. The highest BCUT2D eigenvalue weighted by molar-refractivity contribution is 5.69. The summed E-state index contributed by atoms with van der Waals surface area (Å²) >= 11 is 0. The Bertz CT molecular complexity index is 384. The fourth-order valence-corrected chi connectivity index (χ4v) is 2.78. The monoisotopic (exact) mass is 318 g/mol. The Morgan fingerprint density at radius 3 is 2.68 bits per heavy atom. The molecule has 0 spiro atoms. The van der Waals surface area contributed by atoms with Crippen molar-refractivity contribution in [3.8, 4) is 0 Å². The van der Waals surface area contributed by atoms with Crippen molar-refractivity contribution in [2.75, 3.05) is 6.61 Å². The van der Waals surface area contributed by atoms with Crippen LogP contribution in [0.15, 0.2) is 0 Å². The molecule has 0 aromatic rings. The van der Waals surface area contributed by atoms with Gasteiger partial charge >= 0.3 is 5.97 Å². The van der Waals surface area contributed by atoms with E-state index in [9.17, 15) is 9.90 Å². The Labute approximate surface area is 130 Å². The maximum Gasteiger partial charge on any atom is 0.306 e. The van der Waals surface area contributed by atoms with E-state index in [2.05, 4.69) is 6.92 Å². The molecule has 7 nitrogen and oxygen atoms in total. The van der Waals surface area contributed by atoms with E-state index in [1.165, 1.54) is 0 Å². The molecule has 0 radical (unpaired) electrons. The summed E-state index contributed by atoms with van der Waals surface area (Å²) in [7, 11) is 0. The average Bonchev–Trinajstić information content (AvgIpc) is 2.92. The van der Waals surface area contributed by atoms with Crippen molar-refractivity contribution in [1.29, 1.82) is 0 Å². The van der Waals surface area contributed by atoms with Gasteiger partial charge in [0.2, 0.25) is 0 Å². The number of esters is 1. The van der Waals surface area contributed by atoms with E-state index in [1.807, 2.05) is 0 Å². The summed E-state index contributed by atoms with van der Waals surface area (Å²) in [6.45, 7) is 5.05. The lowest BCUT2D eigenvalue weighted by molar-refractivity contribution is -0.231. The maximum atomic E-state index is 12.0. The molecule has 128 valence electrons. The highest BCUT2D eigenvalue weighted by Crippen LogP contribution is 2.39. The van der Waals surface area contributed by atoms with E-state index in [4.69, 9.17) is 24.1 Å². The molecular formula is C15H26O7. The zero-order valence-corrected chi connectivity index (χ0v) is 13.4. The maximum absolute atomic E-state index is 12.0. The molecule has 2 aliphatic heterocycles. The van der Waals surface area contributed by atoms with Crippen LogP contribution >= 0.6 is 0 Å². The van der Waals surface area contributed by atoms with Gasteiger partial charge in [-0.3, -0.25) is 4.79 Å². The lowest BCUT2D eigenvalue weighted by Crippen LogP contribution is -2.45. The highest BCUT2D eigenvalue weighted by atomic mass is 16.8. The van der Waals surface area contributed by atoms with Gasteiger partial charge in [-0.2, -0.15) is 0 Å². The molecule has 0 amide bonds. The van der Waals surface area contributed by atoms with Crippen LogP contribution in [-0.4, -0.2) is 59.3 Å². The smallest absolute Gasteiger partial charge is 0.306 e. The summed E-state index contributed by atoms with van der Waals surface area (Å²) in [6.07, 6.45) is -1.07. The number of hydrogen-bond donors (Lipinski definition) is 2. The number of carbonyl (C=O) groups excluding carboxylic acids is 1. The molecule has 2 saturated heterocycles. The van der Waals surface area contributed by atoms with E-state index in [0.717, 1.165) is 19.3 Å². The first-order valence-corrected chi connectivity index (χ1v) is 7.87. The summed E-state index contributed by atoms with van der Waals surface area (Å²) < 4.78 is 22.3. The molecule has 5 unspecified atom stereocenters. The molecule has 0 aliphatic carbocycles. The second kappa shape index (κ2) is 7.23. The first-order chi connectivity index (χ1) is 10.4. The number of unbranched alkanes of at least 4 members (excludes halogenated alkanes) is 2. The van der Waals surface area contributed by atoms with Gasteiger partial charge in [-0.15, -0.1) is 0 Å². The third kappa shape index (κ3) is 3.97. The first kappa shape index (κ1) is 17.6. The van der Waals surface area contributed by atoms with E-state index < -0.39 is 43.1 Å². The molecule has 2 fully saturated rings. The van der Waals surface area contributed by atoms with Gasteiger partial charge in [-0.25, -0.2) is 0 Å². The van der Waals surface area contributed by atoms with Crippen LogP contribution in [0.5, 0.6) is 0 Å². The van der Waals surface area contributed by atoms with E-state index in [1.54, 1.807) is 13.8 Å². The van der Waals surface area contributed by atoms with Gasteiger partial charge in [0.1, 0.15) is 12.2 Å². The van der Waals surface area contributed by atoms with Gasteiger partial charge in [0, 0.05) is 6.42 Å². The van der Waals surface area contributed by atoms with Crippen LogP contribution in [-0.2, 0) is 23.7 Å². The largest absolute Gasteiger partial charge is 0.456 e. The van der Waals surface area contributed by atoms with Gasteiger partial charge in [-0.05, 0) is 20.3 Å². The van der Waals surface area contributed by atoms with Gasteiger partial charge < -0.3 is 29.2 Å². The molecule has 2 heterocycles. The molecule has 0 bridgehead atoms. The predicted molar refractivity (Wildman–Crippen MR) is 75.8 cm³/mol. The predicted octanol–water partition coefficient (Wildman–Crippen LogP) is 0.708. The Morgan fingerprint density at radius 2 is 2.05 bits per heavy atom. The number of aliphatic hydroxyl groups is 2. The topological polar surface area (TPSA) is 94.5 Å². The van der Waals surface area contributed by atoms with Crippen LogP contribution in [0, 0.1) is 0 Å². The quantitative estimate of drug-likeness (QED) is 0.527. The standard InChI is InChI=1S/C15H26O7/c1-4-5-6-7-10(18)19-12-11(9(17)8-16)20-14-13(12)21-15(2,3)22-14/h9,11-14,16-17H,4-8H2,1-3H3. The number of ether oxygens (including phenoxy) is 4. The molecule has 7 heteroatoms. The van der Waals surface area contributed by atoms with Gasteiger partial charge in [0.25, 0.3) is 0 Å². The van der Waals surface area contributed by atoms with Gasteiger partial charge in [0.05, 0.1) is 6.61 Å². The summed E-state index contributed by atoms with van der Waals surface area (Å²) in [5.74, 6) is -1.19. The molecular weight excluding hydrogens is 292 g/mol. The minimum Gasteiger partial charge on any atom is -0.456 e. The van der Waals surface area contributed by atoms with Crippen molar-refractivity contribution in [2.45, 2.75) is 82.9 Å². The second-order valence-electron chi connectivity index (χ2n) is 6.23. The Balaban J connectivity index is 2.00. The van der Waals surface area contributed by atoms with Crippen LogP contribution in [0.2, 0.25) is 0 Å². The van der Waals surface area contributed by atoms with Crippen molar-refractivity contribution in [3.63, 3.8) is 0 Å². The van der Waals surface area contributed by atoms with Crippen molar-refractivity contribution in [3.05, 3.63) is 0 Å². The Hall–Kier alpha value is -0.730. The third-order valence-electron chi connectivity index (χ3n) is 3.85. The molecule has 2 N–H and O–H groups in total. The van der Waals surface area contributed by atoms with Crippen LogP contribution in [0.4, 0.5) is 0 Å². The fraction of sp³-hybridized carbons (Fsp3) is 0.933. The third-order valence-corrected chi connectivity index (χ3v) is 3.85. The molecule has 22 heavy (non-hydrogen) atoms. The van der Waals surface area contributed by atoms with Gasteiger partial charge in [0.15, 0.2) is 24.3 Å². The second-order valence-corrected chi connectivity index (χ2v) is 6.23. The van der Waals surface area contributed by atoms with Crippen LogP contribution in [0.25, 0.3) is 0 Å². The minimum atomic E-state index is -1.16. The minimum absolute atomic E-state index is 0.313. The van der Waals surface area contributed by atoms with Crippen LogP contribution < -0.4 is 0 Å². The van der Waals surface area contributed by atoms with Crippen LogP contribution in [0.1, 0.15) is 46.5 Å². The van der Waals surface area contributed by atoms with E-state index in [0.29, 0.717) is 6.42 Å². The van der Waals surface area contributed by atoms with Gasteiger partial charge in [-0.1, -0.05) is 19.8 Å². The fourth-order valence-electron chi connectivity index (χ4n) is 2.78. The zero-order chi connectivity index (χ0) is 16.3. The Morgan fingerprint density at radius 1 is 1.32 bits per heavy atom. The van der Waals surface area contributed by atoms with Crippen molar-refractivity contribution in [2.24, 2.45) is 0 Å². The number of carbonyl (C=O) groups is 1. The van der Waals surface area contributed by atoms with E-state index >= 15 is 0 Å². The summed E-state index contributed by atoms with van der Waals surface area (Å²) in [5.41, 5.74) is 0. The highest BCUT2D eigenvalue weighted by Gasteiger charge is 2.58. The molecule has 0 saturated carbocycles. The molecule has 5 atom stereocenters. The summed E-state index contributed by atoms with van der Waals surface area (Å²) in [4.78, 5) is 12.0. The molecule has 0 aromatic heterocycles. The normalized spacial score (nSPS) is 34.4. The van der Waals surface area contributed by atoms with Crippen molar-refractivity contribution < 1.29 is 34.0 Å². The lowest BCUT2D eigenvalue weighted by Gasteiger charge is -2.27. The van der Waals surface area contributed by atoms with Crippen molar-refractivity contribution >= 4 is 5.97 Å². The average molecular weight is 318 g/mol. The summed E-state index contributed by atoms with van der Waals surface area (Å²) in [5, 5.41) is 19.0. The van der Waals surface area contributed by atoms with E-state index in [-0.39, 0.29) is 5.97 Å². The zero-order valence-electron chi connectivity index (χ0n) is 13.4. The SMILES string of the molecule is CCCCCC(=O)OC1C(C(O)CO)OC2OC(C)(C)OC21. The molecule has 2 aliphatic rings.